The molecule has 1 fully saturated rings. The molecule has 0 spiro atoms. The normalized spacial score (nSPS) is 23.2. The molecule has 0 heterocycles. The van der Waals surface area contributed by atoms with Gasteiger partial charge in [-0.1, -0.05) is 38.3 Å². The molecule has 1 amide bonds. The first-order valence-corrected chi connectivity index (χ1v) is 7.33. The summed E-state index contributed by atoms with van der Waals surface area (Å²) in [6.07, 6.45) is 6.56. The maximum atomic E-state index is 11.2. The van der Waals surface area contributed by atoms with Crippen molar-refractivity contribution in [2.45, 2.75) is 51.6 Å². The van der Waals surface area contributed by atoms with Crippen molar-refractivity contribution in [3.8, 4) is 0 Å². The van der Waals surface area contributed by atoms with Crippen molar-refractivity contribution in [3.05, 3.63) is 35.4 Å². The number of hydrogen-bond acceptors (Lipinski definition) is 2. The van der Waals surface area contributed by atoms with Gasteiger partial charge in [-0.25, -0.2) is 0 Å². The summed E-state index contributed by atoms with van der Waals surface area (Å²) in [7, 11) is 0. The molecule has 1 aromatic rings. The SMILES string of the molecule is CCC1CCCCC1NCc1cccc(C(N)=O)c1. The van der Waals surface area contributed by atoms with Gasteiger partial charge in [-0.05, 0) is 36.5 Å². The third kappa shape index (κ3) is 3.80. The molecule has 0 radical (unpaired) electrons. The summed E-state index contributed by atoms with van der Waals surface area (Å²) < 4.78 is 0. The molecule has 1 saturated carbocycles. The fourth-order valence-corrected chi connectivity index (χ4v) is 3.05. The predicted octanol–water partition coefficient (Wildman–Crippen LogP) is 2.84. The number of rotatable bonds is 5. The van der Waals surface area contributed by atoms with Crippen LogP contribution in [0.4, 0.5) is 0 Å². The lowest BCUT2D eigenvalue weighted by Gasteiger charge is -2.31. The zero-order valence-corrected chi connectivity index (χ0v) is 11.7. The number of primary amides is 1. The lowest BCUT2D eigenvalue weighted by molar-refractivity contribution is 0.1000. The molecule has 104 valence electrons. The first-order chi connectivity index (χ1) is 9.20. The van der Waals surface area contributed by atoms with E-state index in [0.29, 0.717) is 11.6 Å². The van der Waals surface area contributed by atoms with Gasteiger partial charge < -0.3 is 11.1 Å². The second-order valence-electron chi connectivity index (χ2n) is 5.50. The Labute approximate surface area is 115 Å². The van der Waals surface area contributed by atoms with Gasteiger partial charge in [0.1, 0.15) is 0 Å². The number of hydrogen-bond donors (Lipinski definition) is 2. The summed E-state index contributed by atoms with van der Waals surface area (Å²) >= 11 is 0. The molecule has 3 N–H and O–H groups in total. The van der Waals surface area contributed by atoms with E-state index in [1.54, 1.807) is 6.07 Å². The molecule has 2 rings (SSSR count). The van der Waals surface area contributed by atoms with E-state index in [-0.39, 0.29) is 5.91 Å². The Kier molecular flexibility index (Phi) is 4.97. The fraction of sp³-hybridized carbons (Fsp3) is 0.562. The van der Waals surface area contributed by atoms with Crippen LogP contribution >= 0.6 is 0 Å². The predicted molar refractivity (Wildman–Crippen MR) is 77.8 cm³/mol. The standard InChI is InChI=1S/C16H24N2O/c1-2-13-7-3-4-9-15(13)18-11-12-6-5-8-14(10-12)16(17)19/h5-6,8,10,13,15,18H,2-4,7,9,11H2,1H3,(H2,17,19). The minimum Gasteiger partial charge on any atom is -0.366 e. The second kappa shape index (κ2) is 6.71. The first-order valence-electron chi connectivity index (χ1n) is 7.33. The molecule has 2 atom stereocenters. The Morgan fingerprint density at radius 2 is 2.16 bits per heavy atom. The van der Waals surface area contributed by atoms with E-state index < -0.39 is 0 Å². The zero-order chi connectivity index (χ0) is 13.7. The van der Waals surface area contributed by atoms with Gasteiger partial charge in [0, 0.05) is 18.2 Å². The Bertz CT molecular complexity index is 431. The topological polar surface area (TPSA) is 55.1 Å². The molecule has 0 aliphatic heterocycles. The van der Waals surface area contributed by atoms with Crippen LogP contribution in [-0.2, 0) is 6.54 Å². The number of carbonyl (C=O) groups is 1. The summed E-state index contributed by atoms with van der Waals surface area (Å²) in [6, 6.07) is 8.22. The maximum absolute atomic E-state index is 11.2. The maximum Gasteiger partial charge on any atom is 0.248 e. The van der Waals surface area contributed by atoms with E-state index in [2.05, 4.69) is 12.2 Å². The Morgan fingerprint density at radius 3 is 2.89 bits per heavy atom. The molecule has 2 unspecified atom stereocenters. The van der Waals surface area contributed by atoms with Crippen molar-refractivity contribution in [2.24, 2.45) is 11.7 Å². The molecule has 1 aliphatic carbocycles. The Morgan fingerprint density at radius 1 is 1.37 bits per heavy atom. The second-order valence-corrected chi connectivity index (χ2v) is 5.50. The van der Waals surface area contributed by atoms with Gasteiger partial charge in [0.25, 0.3) is 0 Å². The van der Waals surface area contributed by atoms with Crippen molar-refractivity contribution in [1.29, 1.82) is 0 Å². The summed E-state index contributed by atoms with van der Waals surface area (Å²) in [5.74, 6) is 0.444. The van der Waals surface area contributed by atoms with Crippen LogP contribution in [0.3, 0.4) is 0 Å². The molecule has 3 heteroatoms. The molecule has 0 bridgehead atoms. The number of nitrogens with one attached hydrogen (secondary N) is 1. The number of benzene rings is 1. The highest BCUT2D eigenvalue weighted by Gasteiger charge is 2.22. The molecule has 3 nitrogen and oxygen atoms in total. The zero-order valence-electron chi connectivity index (χ0n) is 11.7. The monoisotopic (exact) mass is 260 g/mol. The molecule has 0 saturated heterocycles. The fourth-order valence-electron chi connectivity index (χ4n) is 3.05. The largest absolute Gasteiger partial charge is 0.366 e. The van der Waals surface area contributed by atoms with Gasteiger partial charge in [-0.15, -0.1) is 0 Å². The molecule has 1 aromatic carbocycles. The third-order valence-electron chi connectivity index (χ3n) is 4.21. The lowest BCUT2D eigenvalue weighted by Crippen LogP contribution is -2.37. The Balaban J connectivity index is 1.94. The molecular formula is C16H24N2O. The van der Waals surface area contributed by atoms with Crippen LogP contribution in [0, 0.1) is 5.92 Å². The van der Waals surface area contributed by atoms with E-state index in [1.165, 1.54) is 32.1 Å². The van der Waals surface area contributed by atoms with Crippen LogP contribution in [0.1, 0.15) is 54.9 Å². The van der Waals surface area contributed by atoms with Crippen LogP contribution in [-0.4, -0.2) is 11.9 Å². The van der Waals surface area contributed by atoms with E-state index in [1.807, 2.05) is 18.2 Å². The summed E-state index contributed by atoms with van der Waals surface area (Å²) in [6.45, 7) is 3.10. The van der Waals surface area contributed by atoms with Crippen molar-refractivity contribution < 1.29 is 4.79 Å². The van der Waals surface area contributed by atoms with Crippen LogP contribution < -0.4 is 11.1 Å². The van der Waals surface area contributed by atoms with Crippen LogP contribution in [0.5, 0.6) is 0 Å². The summed E-state index contributed by atoms with van der Waals surface area (Å²) in [5, 5.41) is 3.65. The van der Waals surface area contributed by atoms with Crippen LogP contribution in [0.15, 0.2) is 24.3 Å². The van der Waals surface area contributed by atoms with E-state index in [0.717, 1.165) is 18.0 Å². The molecule has 1 aliphatic rings. The van der Waals surface area contributed by atoms with Crippen LogP contribution in [0.2, 0.25) is 0 Å². The minimum absolute atomic E-state index is 0.356. The highest BCUT2D eigenvalue weighted by Crippen LogP contribution is 2.27. The van der Waals surface area contributed by atoms with Crippen molar-refractivity contribution in [1.82, 2.24) is 5.32 Å². The summed E-state index contributed by atoms with van der Waals surface area (Å²) in [4.78, 5) is 11.2. The van der Waals surface area contributed by atoms with Gasteiger partial charge in [-0.3, -0.25) is 4.79 Å². The molecule has 0 aromatic heterocycles. The number of nitrogens with two attached hydrogens (primary N) is 1. The minimum atomic E-state index is -0.356. The van der Waals surface area contributed by atoms with E-state index in [4.69, 9.17) is 5.73 Å². The number of amides is 1. The highest BCUT2D eigenvalue weighted by atomic mass is 16.1. The third-order valence-corrected chi connectivity index (χ3v) is 4.21. The van der Waals surface area contributed by atoms with Gasteiger partial charge >= 0.3 is 0 Å². The highest BCUT2D eigenvalue weighted by molar-refractivity contribution is 5.92. The van der Waals surface area contributed by atoms with Crippen molar-refractivity contribution >= 4 is 5.91 Å². The van der Waals surface area contributed by atoms with Crippen molar-refractivity contribution in [2.75, 3.05) is 0 Å². The lowest BCUT2D eigenvalue weighted by atomic mass is 9.83. The van der Waals surface area contributed by atoms with Gasteiger partial charge in [0.15, 0.2) is 0 Å². The van der Waals surface area contributed by atoms with Gasteiger partial charge in [-0.2, -0.15) is 0 Å². The quantitative estimate of drug-likeness (QED) is 0.855. The Hall–Kier alpha value is -1.35. The van der Waals surface area contributed by atoms with Gasteiger partial charge in [0.05, 0.1) is 0 Å². The van der Waals surface area contributed by atoms with Gasteiger partial charge in [0.2, 0.25) is 5.91 Å². The van der Waals surface area contributed by atoms with Crippen LogP contribution in [0.25, 0.3) is 0 Å². The molecular weight excluding hydrogens is 236 g/mol. The molecule has 19 heavy (non-hydrogen) atoms. The van der Waals surface area contributed by atoms with E-state index in [9.17, 15) is 4.79 Å². The average molecular weight is 260 g/mol. The number of carbonyl (C=O) groups excluding carboxylic acids is 1. The summed E-state index contributed by atoms with van der Waals surface area (Å²) in [5.41, 5.74) is 7.03. The van der Waals surface area contributed by atoms with Crippen molar-refractivity contribution in [3.63, 3.8) is 0 Å². The smallest absolute Gasteiger partial charge is 0.248 e. The first kappa shape index (κ1) is 14.1. The average Bonchev–Trinajstić information content (AvgIpc) is 2.45. The van der Waals surface area contributed by atoms with E-state index >= 15 is 0 Å².